The molecular formula is C38H18N4. The highest BCUT2D eigenvalue weighted by Gasteiger charge is 2.18. The quantitative estimate of drug-likeness (QED) is 0.145. The van der Waals surface area contributed by atoms with E-state index in [0.29, 0.717) is 0 Å². The molecule has 11 aromatic rings. The minimum absolute atomic E-state index is 0.829. The molecule has 4 heteroatoms. The van der Waals surface area contributed by atoms with E-state index in [1.807, 2.05) is 0 Å². The molecule has 0 fully saturated rings. The zero-order valence-electron chi connectivity index (χ0n) is 22.2. The maximum Gasteiger partial charge on any atom is 0.0979 e. The summed E-state index contributed by atoms with van der Waals surface area (Å²) < 4.78 is 0. The van der Waals surface area contributed by atoms with Crippen LogP contribution in [-0.4, -0.2) is 19.9 Å². The van der Waals surface area contributed by atoms with Crippen molar-refractivity contribution >= 4 is 109 Å². The summed E-state index contributed by atoms with van der Waals surface area (Å²) in [6, 6.07) is 38.8. The Morgan fingerprint density at radius 1 is 0.286 bits per heavy atom. The van der Waals surface area contributed by atoms with E-state index in [9.17, 15) is 0 Å². The normalized spacial score (nSPS) is 12.8. The molecule has 4 nitrogen and oxygen atoms in total. The third-order valence-corrected chi connectivity index (χ3v) is 9.24. The van der Waals surface area contributed by atoms with Gasteiger partial charge in [-0.1, -0.05) is 97.1 Å². The van der Waals surface area contributed by atoms with Gasteiger partial charge in [-0.25, -0.2) is 19.9 Å². The van der Waals surface area contributed by atoms with Crippen molar-refractivity contribution in [1.29, 1.82) is 0 Å². The second-order valence-corrected chi connectivity index (χ2v) is 11.4. The second kappa shape index (κ2) is 7.12. The van der Waals surface area contributed by atoms with Crippen molar-refractivity contribution in [1.82, 2.24) is 19.9 Å². The number of hydrogen-bond acceptors (Lipinski definition) is 4. The van der Waals surface area contributed by atoms with Gasteiger partial charge in [0.15, 0.2) is 0 Å². The molecule has 0 bridgehead atoms. The first kappa shape index (κ1) is 21.1. The van der Waals surface area contributed by atoms with Crippen molar-refractivity contribution in [2.24, 2.45) is 0 Å². The first-order chi connectivity index (χ1) is 20.8. The Morgan fingerprint density at radius 2 is 0.548 bits per heavy atom. The Hall–Kier alpha value is -5.74. The molecule has 0 saturated carbocycles. The lowest BCUT2D eigenvalue weighted by molar-refractivity contribution is 1.38. The van der Waals surface area contributed by atoms with Gasteiger partial charge in [-0.05, 0) is 55.2 Å². The highest BCUT2D eigenvalue weighted by Crippen LogP contribution is 2.42. The van der Waals surface area contributed by atoms with E-state index < -0.39 is 0 Å². The summed E-state index contributed by atoms with van der Waals surface area (Å²) in [7, 11) is 0. The van der Waals surface area contributed by atoms with Crippen LogP contribution in [0.3, 0.4) is 0 Å². The van der Waals surface area contributed by atoms with Crippen LogP contribution in [-0.2, 0) is 0 Å². The smallest absolute Gasteiger partial charge is 0.0979 e. The van der Waals surface area contributed by atoms with Gasteiger partial charge in [-0.15, -0.1) is 0 Å². The monoisotopic (exact) mass is 530 g/mol. The number of benzene rings is 9. The fourth-order valence-corrected chi connectivity index (χ4v) is 7.46. The summed E-state index contributed by atoms with van der Waals surface area (Å²) in [6.45, 7) is 0. The van der Waals surface area contributed by atoms with Gasteiger partial charge in [0, 0.05) is 21.5 Å². The summed E-state index contributed by atoms with van der Waals surface area (Å²) in [5.74, 6) is 0. The molecule has 0 aliphatic heterocycles. The molecule has 0 saturated heterocycles. The first-order valence-corrected chi connectivity index (χ1v) is 14.2. The Bertz CT molecular complexity index is 2560. The van der Waals surface area contributed by atoms with Crippen molar-refractivity contribution in [3.05, 3.63) is 109 Å². The van der Waals surface area contributed by atoms with Crippen molar-refractivity contribution in [2.45, 2.75) is 0 Å². The lowest BCUT2D eigenvalue weighted by Crippen LogP contribution is -1.96. The molecule has 2 heterocycles. The zero-order valence-corrected chi connectivity index (χ0v) is 22.2. The van der Waals surface area contributed by atoms with Gasteiger partial charge in [0.1, 0.15) is 0 Å². The maximum atomic E-state index is 5.26. The van der Waals surface area contributed by atoms with Crippen molar-refractivity contribution in [3.8, 4) is 0 Å². The van der Waals surface area contributed by atoms with Gasteiger partial charge >= 0.3 is 0 Å². The highest BCUT2D eigenvalue weighted by molar-refractivity contribution is 6.34. The molecule has 11 rings (SSSR count). The largest absolute Gasteiger partial charge is 0.244 e. The molecule has 2 aromatic heterocycles. The lowest BCUT2D eigenvalue weighted by Gasteiger charge is -2.15. The number of rotatable bonds is 0. The molecule has 0 atom stereocenters. The predicted molar refractivity (Wildman–Crippen MR) is 175 cm³/mol. The zero-order chi connectivity index (χ0) is 27.1. The van der Waals surface area contributed by atoms with Gasteiger partial charge in [0.05, 0.1) is 44.1 Å². The topological polar surface area (TPSA) is 51.6 Å². The minimum atomic E-state index is 0.829. The van der Waals surface area contributed by atoms with Crippen LogP contribution in [0.5, 0.6) is 0 Å². The molecule has 0 aliphatic rings. The Labute approximate surface area is 237 Å². The van der Waals surface area contributed by atoms with Crippen LogP contribution in [0.1, 0.15) is 0 Å². The van der Waals surface area contributed by atoms with E-state index in [2.05, 4.69) is 109 Å². The Balaban J connectivity index is 1.32. The number of hydrogen-bond donors (Lipinski definition) is 0. The van der Waals surface area contributed by atoms with Crippen molar-refractivity contribution in [3.63, 3.8) is 0 Å². The van der Waals surface area contributed by atoms with E-state index >= 15 is 0 Å². The first-order valence-electron chi connectivity index (χ1n) is 14.2. The molecule has 190 valence electrons. The van der Waals surface area contributed by atoms with Crippen LogP contribution in [0.4, 0.5) is 0 Å². The fraction of sp³-hybridized carbons (Fsp3) is 0. The fourth-order valence-electron chi connectivity index (χ4n) is 7.46. The Kier molecular flexibility index (Phi) is 3.57. The molecule has 42 heavy (non-hydrogen) atoms. The summed E-state index contributed by atoms with van der Waals surface area (Å²) in [4.78, 5) is 21.1. The Morgan fingerprint density at radius 3 is 0.810 bits per heavy atom. The summed E-state index contributed by atoms with van der Waals surface area (Å²) in [5.41, 5.74) is 7.02. The highest BCUT2D eigenvalue weighted by atomic mass is 14.8. The van der Waals surface area contributed by atoms with Crippen LogP contribution in [0.2, 0.25) is 0 Å². The average molecular weight is 531 g/mol. The van der Waals surface area contributed by atoms with Crippen LogP contribution in [0.25, 0.3) is 109 Å². The van der Waals surface area contributed by atoms with Crippen LogP contribution in [0.15, 0.2) is 109 Å². The summed E-state index contributed by atoms with van der Waals surface area (Å²) in [6.07, 6.45) is 0. The molecule has 0 amide bonds. The molecular weight excluding hydrogens is 512 g/mol. The maximum absolute atomic E-state index is 5.26. The van der Waals surface area contributed by atoms with Gasteiger partial charge in [-0.2, -0.15) is 0 Å². The standard InChI is InChI=1S/C38H18N4/c1-5-19-13-14-20-6-2-10-24-32(20)31(19)23(9-1)35-36(24)40-28-18-30-29(17-27(28)39-35)41-37-25-11-3-7-21-15-16-22-8-4-12-26(38(37)42-30)34(22)33(21)25/h1-18H. The van der Waals surface area contributed by atoms with Crippen LogP contribution >= 0.6 is 0 Å². The average Bonchev–Trinajstić information content (AvgIpc) is 3.04. The SMILES string of the molecule is c1cc2ccc3cccc4c5nc6cc7nc8c9cccc%10ccc%11cccc(c8nc7cc6nc5c(c1)c2c34)c%11c%109. The van der Waals surface area contributed by atoms with Gasteiger partial charge in [0.2, 0.25) is 0 Å². The van der Waals surface area contributed by atoms with Gasteiger partial charge < -0.3 is 0 Å². The van der Waals surface area contributed by atoms with E-state index in [1.165, 1.54) is 43.1 Å². The van der Waals surface area contributed by atoms with Crippen LogP contribution < -0.4 is 0 Å². The summed E-state index contributed by atoms with van der Waals surface area (Å²) in [5, 5.41) is 14.4. The predicted octanol–water partition coefficient (Wildman–Crippen LogP) is 9.67. The molecule has 0 radical (unpaired) electrons. The van der Waals surface area contributed by atoms with Crippen LogP contribution in [0, 0.1) is 0 Å². The summed E-state index contributed by atoms with van der Waals surface area (Å²) >= 11 is 0. The minimum Gasteiger partial charge on any atom is -0.244 e. The van der Waals surface area contributed by atoms with Gasteiger partial charge in [-0.3, -0.25) is 0 Å². The third kappa shape index (κ3) is 2.45. The van der Waals surface area contributed by atoms with Gasteiger partial charge in [0.25, 0.3) is 0 Å². The van der Waals surface area contributed by atoms with Crippen molar-refractivity contribution in [2.75, 3.05) is 0 Å². The van der Waals surface area contributed by atoms with E-state index in [4.69, 9.17) is 19.9 Å². The molecule has 0 aliphatic carbocycles. The third-order valence-electron chi connectivity index (χ3n) is 9.24. The number of nitrogens with zero attached hydrogens (tertiary/aromatic N) is 4. The second-order valence-electron chi connectivity index (χ2n) is 11.4. The molecule has 0 unspecified atom stereocenters. The molecule has 0 spiro atoms. The van der Waals surface area contributed by atoms with E-state index in [0.717, 1.165) is 65.7 Å². The lowest BCUT2D eigenvalue weighted by atomic mass is 9.92. The molecule has 9 aromatic carbocycles. The number of aromatic nitrogens is 4. The number of fused-ring (bicyclic) bond motifs is 8. The van der Waals surface area contributed by atoms with E-state index in [1.54, 1.807) is 0 Å². The van der Waals surface area contributed by atoms with Crippen molar-refractivity contribution < 1.29 is 0 Å². The van der Waals surface area contributed by atoms with E-state index in [-0.39, 0.29) is 0 Å². The molecule has 0 N–H and O–H groups in total.